The molecule has 42 heavy (non-hydrogen) atoms. The molecule has 4 N–H and O–H groups in total. The van der Waals surface area contributed by atoms with Gasteiger partial charge in [0, 0.05) is 12.2 Å². The van der Waals surface area contributed by atoms with Gasteiger partial charge in [-0.05, 0) is 43.2 Å². The zero-order chi connectivity index (χ0) is 29.2. The quantitative estimate of drug-likeness (QED) is 0.304. The molecule has 1 atom stereocenters. The Morgan fingerprint density at radius 1 is 1.19 bits per heavy atom. The van der Waals surface area contributed by atoms with Crippen LogP contribution in [0.4, 0.5) is 22.1 Å². The number of nitrogens with one attached hydrogen (secondary N) is 2. The second kappa shape index (κ2) is 11.6. The van der Waals surface area contributed by atoms with Gasteiger partial charge >= 0.3 is 6.03 Å². The van der Waals surface area contributed by atoms with Gasteiger partial charge in [-0.25, -0.2) is 19.7 Å². The minimum atomic E-state index is -0.488. The first-order valence-corrected chi connectivity index (χ1v) is 13.7. The van der Waals surface area contributed by atoms with E-state index in [1.54, 1.807) is 42.5 Å². The van der Waals surface area contributed by atoms with Gasteiger partial charge in [-0.1, -0.05) is 23.7 Å². The lowest BCUT2D eigenvalue weighted by molar-refractivity contribution is -0.0369. The van der Waals surface area contributed by atoms with Crippen molar-refractivity contribution in [1.82, 2.24) is 24.8 Å². The van der Waals surface area contributed by atoms with E-state index >= 15 is 0 Å². The molecule has 13 nitrogen and oxygen atoms in total. The molecule has 2 aromatic heterocycles. The summed E-state index contributed by atoms with van der Waals surface area (Å²) in [6, 6.07) is 13.2. The molecule has 2 aliphatic heterocycles. The number of fused-ring (bicyclic) bond motifs is 1. The van der Waals surface area contributed by atoms with Gasteiger partial charge in [-0.15, -0.1) is 0 Å². The Bertz CT molecular complexity index is 1770. The lowest BCUT2D eigenvalue weighted by Crippen LogP contribution is -2.35. The van der Waals surface area contributed by atoms with Gasteiger partial charge in [0.05, 0.1) is 47.4 Å². The molecule has 2 fully saturated rings. The number of urea groups is 1. The summed E-state index contributed by atoms with van der Waals surface area (Å²) < 4.78 is 12.2. The summed E-state index contributed by atoms with van der Waals surface area (Å²) >= 11 is 6.49. The number of nitrogens with two attached hydrogens (primary N) is 1. The average Bonchev–Trinajstić information content (AvgIpc) is 3.69. The Balaban J connectivity index is 1.42. The van der Waals surface area contributed by atoms with Crippen LogP contribution in [0.2, 0.25) is 5.02 Å². The van der Waals surface area contributed by atoms with Gasteiger partial charge in [0.2, 0.25) is 0 Å². The highest BCUT2D eigenvalue weighted by Gasteiger charge is 2.34. The number of amides is 2. The Kier molecular flexibility index (Phi) is 7.58. The van der Waals surface area contributed by atoms with Crippen molar-refractivity contribution in [2.45, 2.75) is 25.2 Å². The van der Waals surface area contributed by atoms with E-state index in [0.29, 0.717) is 54.7 Å². The van der Waals surface area contributed by atoms with Crippen molar-refractivity contribution < 1.29 is 14.3 Å². The number of benzene rings is 2. The molecule has 0 bridgehead atoms. The molecule has 0 unspecified atom stereocenters. The minimum Gasteiger partial charge on any atom is -0.382 e. The predicted octanol–water partition coefficient (Wildman–Crippen LogP) is 3.12. The van der Waals surface area contributed by atoms with Crippen LogP contribution in [0.25, 0.3) is 16.6 Å². The Labute approximate surface area is 244 Å². The summed E-state index contributed by atoms with van der Waals surface area (Å²) in [5, 5.41) is 15.8. The molecule has 2 aliphatic rings. The standard InChI is InChI=1S/C28H26ClN9O4/c29-19-6-2-7-20-23(19)27(39)38(17-5-1-4-16(12-17)35-28(40)32-14-22-41-10-11-42-22)26(36-20)21-8-3-9-37(21)25-18(13-30)24(31)33-15-34-25/h1-2,4-7,12,15,21-22H,3,8-11,14H2,(H2,31,33,34)(H2,32,35,40)/t21-/m0/s1. The van der Waals surface area contributed by atoms with Crippen LogP contribution in [0.5, 0.6) is 0 Å². The molecule has 2 aromatic carbocycles. The monoisotopic (exact) mass is 587 g/mol. The third kappa shape index (κ3) is 5.18. The molecule has 2 amide bonds. The van der Waals surface area contributed by atoms with Gasteiger partial charge in [0.1, 0.15) is 29.6 Å². The Morgan fingerprint density at radius 2 is 2.00 bits per heavy atom. The number of halogens is 1. The summed E-state index contributed by atoms with van der Waals surface area (Å²) in [7, 11) is 0. The molecule has 0 saturated carbocycles. The van der Waals surface area contributed by atoms with E-state index in [1.165, 1.54) is 10.9 Å². The van der Waals surface area contributed by atoms with Crippen LogP contribution in [-0.2, 0) is 9.47 Å². The zero-order valence-electron chi connectivity index (χ0n) is 22.3. The Hall–Kier alpha value is -4.77. The first kappa shape index (κ1) is 27.4. The number of rotatable bonds is 6. The van der Waals surface area contributed by atoms with Crippen LogP contribution in [0.1, 0.15) is 30.3 Å². The smallest absolute Gasteiger partial charge is 0.319 e. The lowest BCUT2D eigenvalue weighted by Gasteiger charge is -2.28. The number of ether oxygens (including phenoxy) is 2. The van der Waals surface area contributed by atoms with Gasteiger partial charge in [0.15, 0.2) is 12.1 Å². The van der Waals surface area contributed by atoms with Crippen molar-refractivity contribution >= 4 is 45.9 Å². The molecule has 14 heteroatoms. The highest BCUT2D eigenvalue weighted by Crippen LogP contribution is 2.38. The van der Waals surface area contributed by atoms with Crippen LogP contribution in [0, 0.1) is 11.3 Å². The van der Waals surface area contributed by atoms with Crippen LogP contribution >= 0.6 is 11.6 Å². The number of nitrogens with zero attached hydrogens (tertiary/aromatic N) is 6. The zero-order valence-corrected chi connectivity index (χ0v) is 23.0. The van der Waals surface area contributed by atoms with Crippen molar-refractivity contribution in [1.29, 1.82) is 5.26 Å². The van der Waals surface area contributed by atoms with E-state index in [1.807, 2.05) is 4.90 Å². The van der Waals surface area contributed by atoms with Crippen LogP contribution in [-0.4, -0.2) is 58.1 Å². The number of anilines is 3. The third-order valence-corrected chi connectivity index (χ3v) is 7.46. The second-order valence-electron chi connectivity index (χ2n) is 9.72. The summed E-state index contributed by atoms with van der Waals surface area (Å²) in [6.07, 6.45) is 2.22. The van der Waals surface area contributed by atoms with Gasteiger partial charge in [-0.2, -0.15) is 5.26 Å². The number of aromatic nitrogens is 4. The molecule has 0 spiro atoms. The van der Waals surface area contributed by atoms with E-state index in [2.05, 4.69) is 26.7 Å². The molecule has 214 valence electrons. The molecule has 0 aliphatic carbocycles. The van der Waals surface area contributed by atoms with Crippen LogP contribution in [0.3, 0.4) is 0 Å². The summed E-state index contributed by atoms with van der Waals surface area (Å²) in [5.74, 6) is 0.888. The second-order valence-corrected chi connectivity index (χ2v) is 10.1. The number of hydrogen-bond acceptors (Lipinski definition) is 10. The van der Waals surface area contributed by atoms with E-state index in [9.17, 15) is 14.9 Å². The fourth-order valence-electron chi connectivity index (χ4n) is 5.28. The van der Waals surface area contributed by atoms with Crippen molar-refractivity contribution in [3.8, 4) is 11.8 Å². The Morgan fingerprint density at radius 3 is 2.81 bits per heavy atom. The van der Waals surface area contributed by atoms with E-state index in [-0.39, 0.29) is 33.9 Å². The van der Waals surface area contributed by atoms with Gasteiger partial charge in [0.25, 0.3) is 5.56 Å². The van der Waals surface area contributed by atoms with E-state index in [0.717, 1.165) is 6.42 Å². The first-order chi connectivity index (χ1) is 20.4. The topological polar surface area (TPSA) is 173 Å². The van der Waals surface area contributed by atoms with Gasteiger partial charge in [-0.3, -0.25) is 9.36 Å². The average molecular weight is 588 g/mol. The summed E-state index contributed by atoms with van der Waals surface area (Å²) in [4.78, 5) is 41.9. The minimum absolute atomic E-state index is 0.0758. The van der Waals surface area contributed by atoms with Crippen molar-refractivity contribution in [2.24, 2.45) is 0 Å². The number of nitrogen functional groups attached to an aromatic ring is 1. The maximum absolute atomic E-state index is 14.1. The molecular formula is C28H26ClN9O4. The number of nitriles is 1. The molecule has 6 rings (SSSR count). The van der Waals surface area contributed by atoms with Crippen LogP contribution in [0.15, 0.2) is 53.6 Å². The van der Waals surface area contributed by atoms with Crippen LogP contribution < -0.4 is 26.8 Å². The molecule has 2 saturated heterocycles. The molecule has 4 heterocycles. The maximum Gasteiger partial charge on any atom is 0.319 e. The first-order valence-electron chi connectivity index (χ1n) is 13.3. The number of carbonyl (C=O) groups is 1. The largest absolute Gasteiger partial charge is 0.382 e. The summed E-state index contributed by atoms with van der Waals surface area (Å²) in [6.45, 7) is 1.73. The highest BCUT2D eigenvalue weighted by atomic mass is 35.5. The highest BCUT2D eigenvalue weighted by molar-refractivity contribution is 6.35. The van der Waals surface area contributed by atoms with E-state index in [4.69, 9.17) is 31.8 Å². The third-order valence-electron chi connectivity index (χ3n) is 7.15. The maximum atomic E-state index is 14.1. The number of carbonyl (C=O) groups excluding carboxylic acids is 1. The SMILES string of the molecule is N#Cc1c(N)ncnc1N1CCC[C@H]1c1nc2cccc(Cl)c2c(=O)n1-c1cccc(NC(=O)NCC2OCCO2)c1. The van der Waals surface area contributed by atoms with Crippen molar-refractivity contribution in [2.75, 3.05) is 42.3 Å². The van der Waals surface area contributed by atoms with Crippen molar-refractivity contribution in [3.05, 3.63) is 75.6 Å². The molecule has 0 radical (unpaired) electrons. The molecule has 4 aromatic rings. The van der Waals surface area contributed by atoms with Crippen molar-refractivity contribution in [3.63, 3.8) is 0 Å². The lowest BCUT2D eigenvalue weighted by atomic mass is 10.1. The summed E-state index contributed by atoms with van der Waals surface area (Å²) in [5.41, 5.74) is 7.15. The van der Waals surface area contributed by atoms with E-state index < -0.39 is 18.4 Å². The fraction of sp³-hybridized carbons (Fsp3) is 0.286. The fourth-order valence-corrected chi connectivity index (χ4v) is 5.53. The molecular weight excluding hydrogens is 562 g/mol. The normalized spacial score (nSPS) is 17.0. The number of hydrogen-bond donors (Lipinski definition) is 3. The van der Waals surface area contributed by atoms with Gasteiger partial charge < -0.3 is 30.7 Å². The predicted molar refractivity (Wildman–Crippen MR) is 156 cm³/mol.